The number of primary amides is 1. The lowest BCUT2D eigenvalue weighted by Gasteiger charge is -2.13. The molecular formula is C22H18N4O4S. The van der Waals surface area contributed by atoms with E-state index in [1.807, 2.05) is 30.3 Å². The van der Waals surface area contributed by atoms with E-state index in [0.29, 0.717) is 23.5 Å². The predicted molar refractivity (Wildman–Crippen MR) is 114 cm³/mol. The van der Waals surface area contributed by atoms with Gasteiger partial charge in [-0.05, 0) is 48.0 Å². The molecule has 1 aliphatic rings. The molecule has 0 aliphatic carbocycles. The van der Waals surface area contributed by atoms with Gasteiger partial charge >= 0.3 is 6.03 Å². The number of aromatic nitrogens is 1. The molecule has 156 valence electrons. The van der Waals surface area contributed by atoms with E-state index in [1.165, 1.54) is 11.8 Å². The molecule has 31 heavy (non-hydrogen) atoms. The average Bonchev–Trinajstić information content (AvgIpc) is 3.11. The van der Waals surface area contributed by atoms with Crippen molar-refractivity contribution in [2.75, 3.05) is 0 Å². The lowest BCUT2D eigenvalue weighted by atomic mass is 10.1. The van der Waals surface area contributed by atoms with Crippen molar-refractivity contribution in [2.24, 2.45) is 5.73 Å². The number of carbonyl (C=O) groups is 3. The zero-order chi connectivity index (χ0) is 21.8. The van der Waals surface area contributed by atoms with Crippen LogP contribution in [0.3, 0.4) is 0 Å². The number of imide groups is 1. The summed E-state index contributed by atoms with van der Waals surface area (Å²) in [6.07, 6.45) is 3.22. The Bertz CT molecular complexity index is 1150. The van der Waals surface area contributed by atoms with Crippen LogP contribution in [0.15, 0.2) is 76.8 Å². The number of rotatable bonds is 7. The Morgan fingerprint density at radius 1 is 1.13 bits per heavy atom. The Morgan fingerprint density at radius 3 is 2.65 bits per heavy atom. The van der Waals surface area contributed by atoms with Gasteiger partial charge in [0, 0.05) is 33.3 Å². The van der Waals surface area contributed by atoms with Gasteiger partial charge in [0.05, 0.1) is 0 Å². The minimum absolute atomic E-state index is 0.304. The summed E-state index contributed by atoms with van der Waals surface area (Å²) in [5.41, 5.74) is 7.22. The minimum atomic E-state index is -0.762. The maximum Gasteiger partial charge on any atom is 0.322 e. The van der Waals surface area contributed by atoms with Crippen LogP contribution in [0.5, 0.6) is 5.75 Å². The monoisotopic (exact) mass is 434 g/mol. The largest absolute Gasteiger partial charge is 0.489 e. The van der Waals surface area contributed by atoms with Crippen LogP contribution in [0.4, 0.5) is 4.79 Å². The molecule has 0 radical (unpaired) electrons. The number of urea groups is 1. The molecule has 1 fully saturated rings. The molecule has 0 saturated carbocycles. The van der Waals surface area contributed by atoms with Crippen molar-refractivity contribution in [3.05, 3.63) is 83.7 Å². The van der Waals surface area contributed by atoms with Crippen LogP contribution in [-0.2, 0) is 11.4 Å². The third-order valence-electron chi connectivity index (χ3n) is 4.56. The number of ether oxygens (including phenoxy) is 1. The Labute approximate surface area is 182 Å². The van der Waals surface area contributed by atoms with E-state index in [1.54, 1.807) is 36.7 Å². The summed E-state index contributed by atoms with van der Waals surface area (Å²) in [6, 6.07) is 15.0. The van der Waals surface area contributed by atoms with Crippen LogP contribution in [0.2, 0.25) is 0 Å². The number of carbonyl (C=O) groups excluding carboxylic acids is 3. The Morgan fingerprint density at radius 2 is 1.94 bits per heavy atom. The van der Waals surface area contributed by atoms with Crippen LogP contribution < -0.4 is 21.1 Å². The summed E-state index contributed by atoms with van der Waals surface area (Å²) >= 11 is 1.45. The van der Waals surface area contributed by atoms with Gasteiger partial charge in [0.15, 0.2) is 0 Å². The fourth-order valence-corrected chi connectivity index (χ4v) is 3.99. The Hall–Kier alpha value is -3.85. The van der Waals surface area contributed by atoms with Crippen molar-refractivity contribution in [2.45, 2.75) is 22.4 Å². The third-order valence-corrected chi connectivity index (χ3v) is 5.66. The van der Waals surface area contributed by atoms with E-state index in [-0.39, 0.29) is 0 Å². The zero-order valence-electron chi connectivity index (χ0n) is 16.2. The van der Waals surface area contributed by atoms with Crippen molar-refractivity contribution in [3.63, 3.8) is 0 Å². The van der Waals surface area contributed by atoms with Gasteiger partial charge in [-0.1, -0.05) is 23.9 Å². The van der Waals surface area contributed by atoms with Crippen LogP contribution in [0, 0.1) is 0 Å². The number of benzene rings is 2. The lowest BCUT2D eigenvalue weighted by molar-refractivity contribution is -0.120. The van der Waals surface area contributed by atoms with Crippen LogP contribution in [-0.4, -0.2) is 22.8 Å². The van der Waals surface area contributed by atoms with Crippen LogP contribution in [0.1, 0.15) is 27.5 Å². The van der Waals surface area contributed by atoms with Crippen molar-refractivity contribution < 1.29 is 19.1 Å². The second-order valence-electron chi connectivity index (χ2n) is 6.74. The first kappa shape index (κ1) is 20.4. The molecule has 1 unspecified atom stereocenters. The number of hydrogen-bond donors (Lipinski definition) is 3. The van der Waals surface area contributed by atoms with Crippen molar-refractivity contribution >= 4 is 29.6 Å². The molecule has 1 aliphatic heterocycles. The van der Waals surface area contributed by atoms with Gasteiger partial charge in [0.25, 0.3) is 5.91 Å². The average molecular weight is 434 g/mol. The smallest absolute Gasteiger partial charge is 0.322 e. The number of amides is 4. The summed E-state index contributed by atoms with van der Waals surface area (Å²) in [5, 5.41) is 4.83. The Balaban J connectivity index is 1.43. The molecule has 0 spiro atoms. The standard InChI is InChI=1S/C22H18N4O4S/c23-20(27)14-3-1-2-13(10-14)12-30-15-4-6-16(7-5-15)31-18-8-9-24-11-17(18)19-21(28)26-22(29)25-19/h1-11,19H,12H2,(H2,23,27)(H2,25,26,28,29). The Kier molecular flexibility index (Phi) is 5.85. The molecule has 2 heterocycles. The SMILES string of the molecule is NC(=O)c1cccc(COc2ccc(Sc3ccncc3C3NC(=O)NC3=O)cc2)c1. The first-order chi connectivity index (χ1) is 15.0. The second kappa shape index (κ2) is 8.88. The van der Waals surface area contributed by atoms with E-state index in [4.69, 9.17) is 10.5 Å². The van der Waals surface area contributed by atoms with Gasteiger partial charge < -0.3 is 15.8 Å². The highest BCUT2D eigenvalue weighted by Gasteiger charge is 2.32. The molecule has 4 amide bonds. The molecule has 4 N–H and O–H groups in total. The number of hydrogen-bond acceptors (Lipinski definition) is 6. The quantitative estimate of drug-likeness (QED) is 0.491. The molecule has 1 saturated heterocycles. The maximum absolute atomic E-state index is 12.0. The van der Waals surface area contributed by atoms with Gasteiger partial charge in [0.2, 0.25) is 5.91 Å². The summed E-state index contributed by atoms with van der Waals surface area (Å²) in [5.74, 6) is -0.205. The molecule has 1 aromatic heterocycles. The molecular weight excluding hydrogens is 416 g/mol. The van der Waals surface area contributed by atoms with Gasteiger partial charge in [-0.25, -0.2) is 4.79 Å². The summed E-state index contributed by atoms with van der Waals surface area (Å²) in [6.45, 7) is 0.304. The van der Waals surface area contributed by atoms with Gasteiger partial charge in [-0.2, -0.15) is 0 Å². The van der Waals surface area contributed by atoms with Crippen molar-refractivity contribution in [3.8, 4) is 5.75 Å². The van der Waals surface area contributed by atoms with E-state index in [0.717, 1.165) is 15.4 Å². The number of nitrogens with two attached hydrogens (primary N) is 1. The summed E-state index contributed by atoms with van der Waals surface area (Å²) in [7, 11) is 0. The molecule has 9 heteroatoms. The third kappa shape index (κ3) is 4.84. The summed E-state index contributed by atoms with van der Waals surface area (Å²) < 4.78 is 5.79. The highest BCUT2D eigenvalue weighted by atomic mass is 32.2. The highest BCUT2D eigenvalue weighted by molar-refractivity contribution is 7.99. The van der Waals surface area contributed by atoms with Crippen molar-refractivity contribution in [1.29, 1.82) is 0 Å². The maximum atomic E-state index is 12.0. The minimum Gasteiger partial charge on any atom is -0.489 e. The van der Waals surface area contributed by atoms with E-state index in [2.05, 4.69) is 15.6 Å². The molecule has 1 atom stereocenters. The molecule has 0 bridgehead atoms. The molecule has 8 nitrogen and oxygen atoms in total. The number of nitrogens with one attached hydrogen (secondary N) is 2. The first-order valence-electron chi connectivity index (χ1n) is 9.34. The van der Waals surface area contributed by atoms with Gasteiger partial charge in [-0.15, -0.1) is 0 Å². The first-order valence-corrected chi connectivity index (χ1v) is 10.2. The highest BCUT2D eigenvalue weighted by Crippen LogP contribution is 2.34. The fourth-order valence-electron chi connectivity index (χ4n) is 3.05. The number of pyridine rings is 1. The van der Waals surface area contributed by atoms with Crippen LogP contribution >= 0.6 is 11.8 Å². The van der Waals surface area contributed by atoms with Crippen molar-refractivity contribution in [1.82, 2.24) is 15.6 Å². The van der Waals surface area contributed by atoms with Gasteiger partial charge in [0.1, 0.15) is 18.4 Å². The van der Waals surface area contributed by atoms with E-state index < -0.39 is 23.9 Å². The zero-order valence-corrected chi connectivity index (χ0v) is 17.0. The molecule has 4 rings (SSSR count). The summed E-state index contributed by atoms with van der Waals surface area (Å²) in [4.78, 5) is 40.6. The molecule has 2 aromatic carbocycles. The van der Waals surface area contributed by atoms with E-state index >= 15 is 0 Å². The predicted octanol–water partition coefficient (Wildman–Crippen LogP) is 2.79. The van der Waals surface area contributed by atoms with E-state index in [9.17, 15) is 14.4 Å². The second-order valence-corrected chi connectivity index (χ2v) is 7.85. The number of nitrogens with zero attached hydrogens (tertiary/aromatic N) is 1. The van der Waals surface area contributed by atoms with Crippen LogP contribution in [0.25, 0.3) is 0 Å². The lowest BCUT2D eigenvalue weighted by Crippen LogP contribution is -2.22. The fraction of sp³-hybridized carbons (Fsp3) is 0.0909. The normalized spacial score (nSPS) is 15.3. The van der Waals surface area contributed by atoms with Gasteiger partial charge in [-0.3, -0.25) is 19.9 Å². The topological polar surface area (TPSA) is 123 Å². The molecule has 3 aromatic rings.